The SMILES string of the molecule is COc1c(CN(C)C/C=C\C#CC(C)(C)C)cccc1OCc1ccccc1. The highest BCUT2D eigenvalue weighted by Gasteiger charge is 2.12. The Balaban J connectivity index is 1.98. The van der Waals surface area contributed by atoms with Crippen molar-refractivity contribution in [1.29, 1.82) is 0 Å². The van der Waals surface area contributed by atoms with E-state index in [4.69, 9.17) is 9.47 Å². The molecule has 28 heavy (non-hydrogen) atoms. The lowest BCUT2D eigenvalue weighted by Gasteiger charge is -2.19. The fraction of sp³-hybridized carbons (Fsp3) is 0.360. The second-order valence-electron chi connectivity index (χ2n) is 7.84. The molecule has 0 unspecified atom stereocenters. The molecular weight excluding hydrogens is 346 g/mol. The molecule has 148 valence electrons. The van der Waals surface area contributed by atoms with E-state index >= 15 is 0 Å². The minimum Gasteiger partial charge on any atom is -0.493 e. The Bertz CT molecular complexity index is 823. The van der Waals surface area contributed by atoms with Crippen LogP contribution < -0.4 is 9.47 Å². The first kappa shape index (κ1) is 21.6. The number of likely N-dealkylation sites (N-methyl/N-ethyl adjacent to an activating group) is 1. The van der Waals surface area contributed by atoms with E-state index in [0.717, 1.165) is 35.7 Å². The van der Waals surface area contributed by atoms with Crippen LogP contribution in [0.25, 0.3) is 0 Å². The van der Waals surface area contributed by atoms with Gasteiger partial charge in [-0.25, -0.2) is 0 Å². The van der Waals surface area contributed by atoms with Crippen molar-refractivity contribution >= 4 is 0 Å². The van der Waals surface area contributed by atoms with Gasteiger partial charge in [0, 0.05) is 24.1 Å². The second kappa shape index (κ2) is 10.6. The Labute approximate surface area is 170 Å². The molecule has 0 aromatic heterocycles. The van der Waals surface area contributed by atoms with Gasteiger partial charge in [0.1, 0.15) is 6.61 Å². The Morgan fingerprint density at radius 2 is 1.79 bits per heavy atom. The molecule has 0 N–H and O–H groups in total. The Kier molecular flexibility index (Phi) is 8.17. The van der Waals surface area contributed by atoms with Gasteiger partial charge in [-0.1, -0.05) is 60.4 Å². The van der Waals surface area contributed by atoms with E-state index in [2.05, 4.69) is 68.8 Å². The molecule has 0 heterocycles. The van der Waals surface area contributed by atoms with Gasteiger partial charge in [0.05, 0.1) is 7.11 Å². The van der Waals surface area contributed by atoms with Crippen molar-refractivity contribution < 1.29 is 9.47 Å². The summed E-state index contributed by atoms with van der Waals surface area (Å²) in [6.45, 7) is 8.43. The van der Waals surface area contributed by atoms with Gasteiger partial charge >= 0.3 is 0 Å². The molecule has 0 atom stereocenters. The number of allylic oxidation sites excluding steroid dienone is 1. The largest absolute Gasteiger partial charge is 0.493 e. The zero-order chi connectivity index (χ0) is 20.4. The lowest BCUT2D eigenvalue weighted by Crippen LogP contribution is -2.18. The molecule has 0 saturated heterocycles. The van der Waals surface area contributed by atoms with Crippen LogP contribution in [0.5, 0.6) is 11.5 Å². The summed E-state index contributed by atoms with van der Waals surface area (Å²) >= 11 is 0. The number of benzene rings is 2. The van der Waals surface area contributed by atoms with Crippen LogP contribution in [0.4, 0.5) is 0 Å². The number of nitrogens with zero attached hydrogens (tertiary/aromatic N) is 1. The minimum absolute atomic E-state index is 0.0315. The standard InChI is InChI=1S/C25H31NO2/c1-25(2,3)17-10-7-11-18-26(4)19-22-15-12-16-23(24(22)27-5)28-20-21-13-8-6-9-14-21/h6-9,11-16H,18-20H2,1-5H3/b11-7-. The van der Waals surface area contributed by atoms with Crippen molar-refractivity contribution in [2.45, 2.75) is 33.9 Å². The van der Waals surface area contributed by atoms with Crippen LogP contribution in [0.2, 0.25) is 0 Å². The predicted molar refractivity (Wildman–Crippen MR) is 116 cm³/mol. The van der Waals surface area contributed by atoms with Gasteiger partial charge < -0.3 is 9.47 Å². The number of para-hydroxylation sites is 1. The van der Waals surface area contributed by atoms with Crippen molar-refractivity contribution in [2.75, 3.05) is 20.7 Å². The molecule has 0 fully saturated rings. The van der Waals surface area contributed by atoms with Gasteiger partial charge in [-0.2, -0.15) is 0 Å². The normalized spacial score (nSPS) is 11.4. The maximum atomic E-state index is 6.01. The van der Waals surface area contributed by atoms with Crippen molar-refractivity contribution in [3.63, 3.8) is 0 Å². The fourth-order valence-corrected chi connectivity index (χ4v) is 2.67. The first-order valence-electron chi connectivity index (χ1n) is 9.58. The van der Waals surface area contributed by atoms with Gasteiger partial charge in [0.2, 0.25) is 0 Å². The maximum absolute atomic E-state index is 6.01. The van der Waals surface area contributed by atoms with Crippen LogP contribution in [-0.4, -0.2) is 25.6 Å². The number of rotatable bonds is 8. The first-order chi connectivity index (χ1) is 13.4. The quantitative estimate of drug-likeness (QED) is 0.582. The third kappa shape index (κ3) is 7.50. The summed E-state index contributed by atoms with van der Waals surface area (Å²) < 4.78 is 11.7. The summed E-state index contributed by atoms with van der Waals surface area (Å²) in [6, 6.07) is 16.2. The van der Waals surface area contributed by atoms with Gasteiger partial charge in [-0.15, -0.1) is 0 Å². The lowest BCUT2D eigenvalue weighted by atomic mass is 9.98. The smallest absolute Gasteiger partial charge is 0.165 e. The third-order valence-corrected chi connectivity index (χ3v) is 4.01. The van der Waals surface area contributed by atoms with Crippen LogP contribution in [0, 0.1) is 17.3 Å². The molecule has 3 nitrogen and oxygen atoms in total. The summed E-state index contributed by atoms with van der Waals surface area (Å²) in [4.78, 5) is 2.22. The number of methoxy groups -OCH3 is 1. The molecule has 0 aliphatic carbocycles. The molecule has 3 heteroatoms. The lowest BCUT2D eigenvalue weighted by molar-refractivity contribution is 0.279. The second-order valence-corrected chi connectivity index (χ2v) is 7.84. The topological polar surface area (TPSA) is 21.7 Å². The summed E-state index contributed by atoms with van der Waals surface area (Å²) in [7, 11) is 3.77. The molecule has 0 bridgehead atoms. The van der Waals surface area contributed by atoms with E-state index in [1.54, 1.807) is 7.11 Å². The first-order valence-corrected chi connectivity index (χ1v) is 9.58. The number of ether oxygens (including phenoxy) is 2. The van der Waals surface area contributed by atoms with Crippen molar-refractivity contribution in [2.24, 2.45) is 5.41 Å². The van der Waals surface area contributed by atoms with E-state index < -0.39 is 0 Å². The number of hydrogen-bond donors (Lipinski definition) is 0. The van der Waals surface area contributed by atoms with Gasteiger partial charge in [0.25, 0.3) is 0 Å². The molecule has 0 radical (unpaired) electrons. The molecule has 0 spiro atoms. The van der Waals surface area contributed by atoms with Crippen LogP contribution in [0.3, 0.4) is 0 Å². The van der Waals surface area contributed by atoms with Gasteiger partial charge in [0.15, 0.2) is 11.5 Å². The molecular formula is C25H31NO2. The molecule has 2 aromatic rings. The zero-order valence-electron chi connectivity index (χ0n) is 17.7. The van der Waals surface area contributed by atoms with Crippen LogP contribution >= 0.6 is 0 Å². The van der Waals surface area contributed by atoms with Crippen molar-refractivity contribution in [3.05, 3.63) is 71.8 Å². The summed E-state index contributed by atoms with van der Waals surface area (Å²) in [5.74, 6) is 7.87. The number of hydrogen-bond acceptors (Lipinski definition) is 3. The van der Waals surface area contributed by atoms with Crippen molar-refractivity contribution in [3.8, 4) is 23.3 Å². The summed E-state index contributed by atoms with van der Waals surface area (Å²) in [5, 5.41) is 0. The minimum atomic E-state index is 0.0315. The average molecular weight is 378 g/mol. The molecule has 0 aliphatic heterocycles. The Morgan fingerprint density at radius 3 is 2.46 bits per heavy atom. The molecule has 0 amide bonds. The van der Waals surface area contributed by atoms with Gasteiger partial charge in [-0.3, -0.25) is 4.90 Å². The maximum Gasteiger partial charge on any atom is 0.165 e. The zero-order valence-corrected chi connectivity index (χ0v) is 17.7. The summed E-state index contributed by atoms with van der Waals surface area (Å²) in [6.07, 6.45) is 4.01. The van der Waals surface area contributed by atoms with E-state index in [9.17, 15) is 0 Å². The molecule has 0 saturated carbocycles. The van der Waals surface area contributed by atoms with E-state index in [1.165, 1.54) is 0 Å². The van der Waals surface area contributed by atoms with E-state index in [-0.39, 0.29) is 5.41 Å². The highest BCUT2D eigenvalue weighted by Crippen LogP contribution is 2.32. The summed E-state index contributed by atoms with van der Waals surface area (Å²) in [5.41, 5.74) is 2.27. The average Bonchev–Trinajstić information content (AvgIpc) is 2.66. The highest BCUT2D eigenvalue weighted by atomic mass is 16.5. The third-order valence-electron chi connectivity index (χ3n) is 4.01. The fourth-order valence-electron chi connectivity index (χ4n) is 2.67. The molecule has 2 rings (SSSR count). The Hall–Kier alpha value is -2.70. The van der Waals surface area contributed by atoms with Gasteiger partial charge in [-0.05, 0) is 45.5 Å². The van der Waals surface area contributed by atoms with Crippen LogP contribution in [0.1, 0.15) is 31.9 Å². The predicted octanol–water partition coefficient (Wildman–Crippen LogP) is 5.31. The van der Waals surface area contributed by atoms with Crippen LogP contribution in [0.15, 0.2) is 60.7 Å². The van der Waals surface area contributed by atoms with E-state index in [1.807, 2.05) is 36.4 Å². The Morgan fingerprint density at radius 1 is 1.04 bits per heavy atom. The molecule has 2 aromatic carbocycles. The van der Waals surface area contributed by atoms with Crippen LogP contribution in [-0.2, 0) is 13.2 Å². The monoisotopic (exact) mass is 377 g/mol. The van der Waals surface area contributed by atoms with E-state index in [0.29, 0.717) is 6.61 Å². The van der Waals surface area contributed by atoms with Crippen molar-refractivity contribution in [1.82, 2.24) is 4.90 Å². The highest BCUT2D eigenvalue weighted by molar-refractivity contribution is 5.46. The molecule has 0 aliphatic rings.